The molecule has 0 saturated carbocycles. The second kappa shape index (κ2) is 7.31. The summed E-state index contributed by atoms with van der Waals surface area (Å²) < 4.78 is 33.0. The van der Waals surface area contributed by atoms with Crippen LogP contribution in [0.3, 0.4) is 0 Å². The molecule has 9 heteroatoms. The van der Waals surface area contributed by atoms with Crippen LogP contribution >= 0.6 is 27.3 Å². The van der Waals surface area contributed by atoms with Gasteiger partial charge in [0.25, 0.3) is 10.0 Å². The van der Waals surface area contributed by atoms with E-state index >= 15 is 0 Å². The molecule has 1 aliphatic heterocycles. The first kappa shape index (κ1) is 19.7. The Bertz CT molecular complexity index is 697. The quantitative estimate of drug-likeness (QED) is 0.720. The average Bonchev–Trinajstić information content (AvgIpc) is 3.05. The SMILES string of the molecule is CN(C[C@H]1CCCN1C(=O)OC(C)(C)C)S(=O)(=O)c1ccc(Br)s1. The van der Waals surface area contributed by atoms with Crippen molar-refractivity contribution < 1.29 is 17.9 Å². The summed E-state index contributed by atoms with van der Waals surface area (Å²) in [5, 5.41) is 0. The highest BCUT2D eigenvalue weighted by atomic mass is 79.9. The van der Waals surface area contributed by atoms with Gasteiger partial charge in [-0.2, -0.15) is 4.31 Å². The zero-order valence-electron chi connectivity index (χ0n) is 14.3. The number of amides is 1. The van der Waals surface area contributed by atoms with Crippen LogP contribution in [0.2, 0.25) is 0 Å². The highest BCUT2D eigenvalue weighted by molar-refractivity contribution is 9.11. The normalized spacial score (nSPS) is 19.1. The lowest BCUT2D eigenvalue weighted by molar-refractivity contribution is 0.0216. The highest BCUT2D eigenvalue weighted by Gasteiger charge is 2.35. The fraction of sp³-hybridized carbons (Fsp3) is 0.667. The summed E-state index contributed by atoms with van der Waals surface area (Å²) in [4.78, 5) is 13.9. The Kier molecular flexibility index (Phi) is 5.99. The van der Waals surface area contributed by atoms with Crippen molar-refractivity contribution >= 4 is 43.4 Å². The van der Waals surface area contributed by atoms with Gasteiger partial charge in [-0.15, -0.1) is 11.3 Å². The van der Waals surface area contributed by atoms with Crippen LogP contribution in [-0.4, -0.2) is 55.5 Å². The van der Waals surface area contributed by atoms with Crippen LogP contribution in [0.15, 0.2) is 20.1 Å². The van der Waals surface area contributed by atoms with Crippen molar-refractivity contribution in [3.63, 3.8) is 0 Å². The largest absolute Gasteiger partial charge is 0.444 e. The third-order valence-electron chi connectivity index (χ3n) is 3.69. The van der Waals surface area contributed by atoms with Crippen molar-refractivity contribution in [3.8, 4) is 0 Å². The third-order valence-corrected chi connectivity index (χ3v) is 7.60. The number of halogens is 1. The number of likely N-dealkylation sites (tertiary alicyclic amines) is 1. The molecule has 0 aromatic carbocycles. The summed E-state index contributed by atoms with van der Waals surface area (Å²) in [5.74, 6) is 0. The molecule has 1 fully saturated rings. The van der Waals surface area contributed by atoms with Gasteiger partial charge >= 0.3 is 6.09 Å². The van der Waals surface area contributed by atoms with E-state index in [0.29, 0.717) is 10.8 Å². The van der Waals surface area contributed by atoms with E-state index in [1.807, 2.05) is 20.8 Å². The minimum atomic E-state index is -3.55. The first-order chi connectivity index (χ1) is 11.0. The second-order valence-electron chi connectivity index (χ2n) is 6.81. The summed E-state index contributed by atoms with van der Waals surface area (Å²) in [7, 11) is -2.00. The molecule has 0 bridgehead atoms. The number of carbonyl (C=O) groups is 1. The van der Waals surface area contributed by atoms with Crippen LogP contribution in [0, 0.1) is 0 Å². The first-order valence-electron chi connectivity index (χ1n) is 7.72. The van der Waals surface area contributed by atoms with Crippen LogP contribution in [0.25, 0.3) is 0 Å². The second-order valence-corrected chi connectivity index (χ2v) is 11.5. The Hall–Kier alpha value is -0.640. The third kappa shape index (κ3) is 4.71. The number of thiophene rings is 1. The van der Waals surface area contributed by atoms with Crippen molar-refractivity contribution in [1.82, 2.24) is 9.21 Å². The minimum absolute atomic E-state index is 0.164. The average molecular weight is 439 g/mol. The Balaban J connectivity index is 2.07. The molecule has 1 aromatic rings. The van der Waals surface area contributed by atoms with Crippen LogP contribution in [0.1, 0.15) is 33.6 Å². The smallest absolute Gasteiger partial charge is 0.410 e. The summed E-state index contributed by atoms with van der Waals surface area (Å²) in [6, 6.07) is 3.14. The van der Waals surface area contributed by atoms with Crippen molar-refractivity contribution in [3.05, 3.63) is 15.9 Å². The summed E-state index contributed by atoms with van der Waals surface area (Å²) in [5.41, 5.74) is -0.564. The molecule has 1 amide bonds. The standard InChI is InChI=1S/C15H23BrN2O4S2/c1-15(2,3)22-14(19)18-9-5-6-11(18)10-17(4)24(20,21)13-8-7-12(16)23-13/h7-8,11H,5-6,9-10H2,1-4H3/t11-/m1/s1. The number of likely N-dealkylation sites (N-methyl/N-ethyl adjacent to an activating group) is 1. The molecule has 2 rings (SSSR count). The van der Waals surface area contributed by atoms with Gasteiger partial charge in [0.15, 0.2) is 0 Å². The lowest BCUT2D eigenvalue weighted by atomic mass is 10.2. The zero-order chi connectivity index (χ0) is 18.1. The molecule has 0 N–H and O–H groups in total. The van der Waals surface area contributed by atoms with Crippen molar-refractivity contribution in [2.75, 3.05) is 20.1 Å². The summed E-state index contributed by atoms with van der Waals surface area (Å²) in [6.45, 7) is 6.32. The number of ether oxygens (including phenoxy) is 1. The summed E-state index contributed by atoms with van der Waals surface area (Å²) >= 11 is 4.46. The molecule has 0 aliphatic carbocycles. The van der Waals surface area contributed by atoms with E-state index in [1.54, 1.807) is 24.1 Å². The lowest BCUT2D eigenvalue weighted by Gasteiger charge is -2.30. The van der Waals surface area contributed by atoms with Gasteiger partial charge in [-0.05, 0) is 61.7 Å². The van der Waals surface area contributed by atoms with Crippen molar-refractivity contribution in [2.45, 2.75) is 49.5 Å². The Labute approximate surface area is 156 Å². The van der Waals surface area contributed by atoms with Gasteiger partial charge in [-0.1, -0.05) is 0 Å². The minimum Gasteiger partial charge on any atom is -0.444 e. The highest BCUT2D eigenvalue weighted by Crippen LogP contribution is 2.29. The van der Waals surface area contributed by atoms with Gasteiger partial charge in [0.1, 0.15) is 9.81 Å². The van der Waals surface area contributed by atoms with Gasteiger partial charge in [0, 0.05) is 26.2 Å². The number of nitrogens with zero attached hydrogens (tertiary/aromatic N) is 2. The summed E-state index contributed by atoms with van der Waals surface area (Å²) in [6.07, 6.45) is 1.24. The molecular weight excluding hydrogens is 416 g/mol. The number of carbonyl (C=O) groups excluding carboxylic acids is 1. The van der Waals surface area contributed by atoms with Crippen molar-refractivity contribution in [2.24, 2.45) is 0 Å². The molecule has 0 unspecified atom stereocenters. The Morgan fingerprint density at radius 1 is 1.46 bits per heavy atom. The maximum atomic E-state index is 12.6. The van der Waals surface area contributed by atoms with Crippen LogP contribution in [0.5, 0.6) is 0 Å². The molecule has 1 aliphatic rings. The maximum absolute atomic E-state index is 12.6. The first-order valence-corrected chi connectivity index (χ1v) is 10.8. The number of hydrogen-bond donors (Lipinski definition) is 0. The zero-order valence-corrected chi connectivity index (χ0v) is 17.5. The predicted molar refractivity (Wildman–Crippen MR) is 97.8 cm³/mol. The van der Waals surface area contributed by atoms with E-state index < -0.39 is 15.6 Å². The topological polar surface area (TPSA) is 66.9 Å². The van der Waals surface area contributed by atoms with E-state index in [0.717, 1.165) is 16.6 Å². The van der Waals surface area contributed by atoms with E-state index in [-0.39, 0.29) is 18.7 Å². The van der Waals surface area contributed by atoms with Crippen LogP contribution < -0.4 is 0 Å². The molecule has 24 heavy (non-hydrogen) atoms. The molecule has 1 aromatic heterocycles. The van der Waals surface area contributed by atoms with Crippen LogP contribution in [0.4, 0.5) is 4.79 Å². The molecule has 136 valence electrons. The van der Waals surface area contributed by atoms with Crippen LogP contribution in [-0.2, 0) is 14.8 Å². The van der Waals surface area contributed by atoms with Gasteiger partial charge in [-0.25, -0.2) is 13.2 Å². The molecule has 1 atom stereocenters. The number of hydrogen-bond acceptors (Lipinski definition) is 5. The molecule has 1 saturated heterocycles. The molecule has 6 nitrogen and oxygen atoms in total. The van der Waals surface area contributed by atoms with Crippen molar-refractivity contribution in [1.29, 1.82) is 0 Å². The van der Waals surface area contributed by atoms with E-state index in [9.17, 15) is 13.2 Å². The predicted octanol–water partition coefficient (Wildman–Crippen LogP) is 3.53. The Morgan fingerprint density at radius 2 is 2.12 bits per heavy atom. The maximum Gasteiger partial charge on any atom is 0.410 e. The molecule has 2 heterocycles. The monoisotopic (exact) mass is 438 g/mol. The fourth-order valence-electron chi connectivity index (χ4n) is 2.57. The van der Waals surface area contributed by atoms with Gasteiger partial charge in [0.2, 0.25) is 0 Å². The van der Waals surface area contributed by atoms with Gasteiger partial charge < -0.3 is 9.64 Å². The van der Waals surface area contributed by atoms with E-state index in [4.69, 9.17) is 4.74 Å². The molecular formula is C15H23BrN2O4S2. The van der Waals surface area contributed by atoms with Gasteiger partial charge in [-0.3, -0.25) is 0 Å². The lowest BCUT2D eigenvalue weighted by Crippen LogP contribution is -2.45. The molecule has 0 spiro atoms. The number of rotatable bonds is 4. The number of sulfonamides is 1. The fourth-order valence-corrected chi connectivity index (χ4v) is 6.00. The Morgan fingerprint density at radius 3 is 2.67 bits per heavy atom. The van der Waals surface area contributed by atoms with E-state index in [2.05, 4.69) is 15.9 Å². The molecule has 0 radical (unpaired) electrons. The van der Waals surface area contributed by atoms with Gasteiger partial charge in [0.05, 0.1) is 3.79 Å². The van der Waals surface area contributed by atoms with E-state index in [1.165, 1.54) is 15.6 Å².